The Morgan fingerprint density at radius 1 is 1.06 bits per heavy atom. The molecular weight excluding hydrogens is 466 g/mol. The van der Waals surface area contributed by atoms with Crippen molar-refractivity contribution in [3.63, 3.8) is 0 Å². The van der Waals surface area contributed by atoms with Crippen LogP contribution < -0.4 is 5.32 Å². The van der Waals surface area contributed by atoms with E-state index in [1.807, 2.05) is 0 Å². The van der Waals surface area contributed by atoms with E-state index in [1.54, 1.807) is 0 Å². The molecule has 8 heteroatoms. The minimum absolute atomic E-state index is 0.0504. The Balaban J connectivity index is 1.47. The highest BCUT2D eigenvalue weighted by Crippen LogP contribution is 2.68. The predicted molar refractivity (Wildman–Crippen MR) is 136 cm³/mol. The van der Waals surface area contributed by atoms with Gasteiger partial charge in [-0.25, -0.2) is 4.79 Å². The maximum atomic E-state index is 12.4. The molecule has 5 N–H and O–H groups in total. The van der Waals surface area contributed by atoms with Gasteiger partial charge in [-0.15, -0.1) is 0 Å². The number of aliphatic hydroxyl groups is 3. The first-order valence-corrected chi connectivity index (χ1v) is 14.2. The summed E-state index contributed by atoms with van der Waals surface area (Å²) in [6, 6.07) is -0.981. The van der Waals surface area contributed by atoms with Gasteiger partial charge in [0.05, 0.1) is 18.3 Å². The number of carbonyl (C=O) groups excluding carboxylic acids is 1. The molecule has 12 atom stereocenters. The SMILES string of the molecule is CC(CCC(=O)NC(CS)C(=O)O)C1CCC2C3C(O)CC4CC(O)CCC4(C)C3CC(O)C12C. The number of amides is 1. The van der Waals surface area contributed by atoms with E-state index in [-0.39, 0.29) is 64.6 Å². The standard InChI is InChI=1S/C27H45NO6S/c1-14(4-7-23(32)28-20(13-35)25(33)34)17-5-6-18-24-19(12-22(31)27(17,18)3)26(2)9-8-16(29)10-15(26)11-21(24)30/h14-22,24,29-31,35H,4-13H2,1-3H3,(H,28,32)(H,33,34). The Morgan fingerprint density at radius 3 is 2.43 bits per heavy atom. The van der Waals surface area contributed by atoms with Crippen LogP contribution >= 0.6 is 12.6 Å². The number of rotatable bonds is 7. The Bertz CT molecular complexity index is 811. The summed E-state index contributed by atoms with van der Waals surface area (Å²) in [4.78, 5) is 23.6. The van der Waals surface area contributed by atoms with Crippen molar-refractivity contribution in [2.45, 2.75) is 103 Å². The molecule has 4 fully saturated rings. The summed E-state index contributed by atoms with van der Waals surface area (Å²) in [7, 11) is 0. The van der Waals surface area contributed by atoms with E-state index in [1.165, 1.54) is 0 Å². The van der Waals surface area contributed by atoms with Crippen molar-refractivity contribution in [2.75, 3.05) is 5.75 Å². The van der Waals surface area contributed by atoms with Crippen LogP contribution in [0.5, 0.6) is 0 Å². The quantitative estimate of drug-likeness (QED) is 0.292. The highest BCUT2D eigenvalue weighted by molar-refractivity contribution is 7.80. The van der Waals surface area contributed by atoms with Crippen molar-refractivity contribution in [2.24, 2.45) is 46.3 Å². The lowest BCUT2D eigenvalue weighted by molar-refractivity contribution is -0.207. The van der Waals surface area contributed by atoms with Crippen LogP contribution in [0.2, 0.25) is 0 Å². The molecule has 0 aromatic heterocycles. The van der Waals surface area contributed by atoms with Crippen LogP contribution in [0.15, 0.2) is 0 Å². The van der Waals surface area contributed by atoms with Gasteiger partial charge in [0.1, 0.15) is 6.04 Å². The Morgan fingerprint density at radius 2 is 1.77 bits per heavy atom. The second kappa shape index (κ2) is 10.1. The van der Waals surface area contributed by atoms with Crippen molar-refractivity contribution < 1.29 is 30.0 Å². The summed E-state index contributed by atoms with van der Waals surface area (Å²) in [5, 5.41) is 45.0. The van der Waals surface area contributed by atoms with Gasteiger partial charge in [-0.1, -0.05) is 20.8 Å². The highest BCUT2D eigenvalue weighted by Gasteiger charge is 2.65. The maximum absolute atomic E-state index is 12.4. The van der Waals surface area contributed by atoms with Crippen molar-refractivity contribution in [1.29, 1.82) is 0 Å². The summed E-state index contributed by atoms with van der Waals surface area (Å²) in [6.45, 7) is 6.69. The van der Waals surface area contributed by atoms with Gasteiger partial charge in [0, 0.05) is 12.2 Å². The van der Waals surface area contributed by atoms with Crippen LogP contribution in [-0.4, -0.2) is 62.4 Å². The number of hydrogen-bond acceptors (Lipinski definition) is 6. The molecule has 7 nitrogen and oxygen atoms in total. The zero-order valence-electron chi connectivity index (χ0n) is 21.4. The van der Waals surface area contributed by atoms with E-state index < -0.39 is 24.2 Å². The molecule has 35 heavy (non-hydrogen) atoms. The number of nitrogens with one attached hydrogen (secondary N) is 1. The number of aliphatic carboxylic acids is 1. The van der Waals surface area contributed by atoms with E-state index >= 15 is 0 Å². The summed E-state index contributed by atoms with van der Waals surface area (Å²) in [5.74, 6) is 0.147. The van der Waals surface area contributed by atoms with E-state index in [0.717, 1.165) is 38.5 Å². The molecule has 0 radical (unpaired) electrons. The van der Waals surface area contributed by atoms with Crippen molar-refractivity contribution >= 4 is 24.5 Å². The van der Waals surface area contributed by atoms with Crippen molar-refractivity contribution in [3.8, 4) is 0 Å². The van der Waals surface area contributed by atoms with Gasteiger partial charge in [0.2, 0.25) is 5.91 Å². The number of thiol groups is 1. The topological polar surface area (TPSA) is 127 Å². The Labute approximate surface area is 214 Å². The van der Waals surface area contributed by atoms with Gasteiger partial charge in [-0.05, 0) is 97.7 Å². The van der Waals surface area contributed by atoms with E-state index in [9.17, 15) is 24.9 Å². The fourth-order valence-corrected chi connectivity index (χ4v) is 9.39. The van der Waals surface area contributed by atoms with Gasteiger partial charge in [-0.3, -0.25) is 4.79 Å². The van der Waals surface area contributed by atoms with Crippen LogP contribution in [0.1, 0.15) is 78.6 Å². The molecule has 1 amide bonds. The molecule has 0 aromatic rings. The normalized spacial score (nSPS) is 46.6. The molecule has 12 unspecified atom stereocenters. The van der Waals surface area contributed by atoms with Crippen LogP contribution in [0, 0.1) is 46.3 Å². The zero-order valence-corrected chi connectivity index (χ0v) is 22.3. The molecule has 4 saturated carbocycles. The second-order valence-corrected chi connectivity index (χ2v) is 13.0. The summed E-state index contributed by atoms with van der Waals surface area (Å²) in [5.41, 5.74) is -0.245. The van der Waals surface area contributed by atoms with Gasteiger partial charge < -0.3 is 25.7 Å². The fourth-order valence-electron chi connectivity index (χ4n) is 9.14. The minimum atomic E-state index is -1.08. The van der Waals surface area contributed by atoms with Gasteiger partial charge in [0.15, 0.2) is 0 Å². The molecule has 0 saturated heterocycles. The highest BCUT2D eigenvalue weighted by atomic mass is 32.1. The third-order valence-corrected chi connectivity index (χ3v) is 11.5. The number of fused-ring (bicyclic) bond motifs is 5. The number of carboxylic acids is 1. The molecule has 0 aliphatic heterocycles. The minimum Gasteiger partial charge on any atom is -0.480 e. The summed E-state index contributed by atoms with van der Waals surface area (Å²) < 4.78 is 0. The van der Waals surface area contributed by atoms with E-state index in [2.05, 4.69) is 38.7 Å². The van der Waals surface area contributed by atoms with E-state index in [0.29, 0.717) is 18.8 Å². The van der Waals surface area contributed by atoms with Crippen LogP contribution in [0.4, 0.5) is 0 Å². The maximum Gasteiger partial charge on any atom is 0.327 e. The lowest BCUT2D eigenvalue weighted by Crippen LogP contribution is -2.62. The van der Waals surface area contributed by atoms with Crippen molar-refractivity contribution in [1.82, 2.24) is 5.32 Å². The third kappa shape index (κ3) is 4.66. The van der Waals surface area contributed by atoms with Crippen LogP contribution in [0.25, 0.3) is 0 Å². The molecule has 0 bridgehead atoms. The Kier molecular flexibility index (Phi) is 7.89. The summed E-state index contributed by atoms with van der Waals surface area (Å²) >= 11 is 4.01. The van der Waals surface area contributed by atoms with Gasteiger partial charge in [0.25, 0.3) is 0 Å². The molecular formula is C27H45NO6S. The van der Waals surface area contributed by atoms with E-state index in [4.69, 9.17) is 5.11 Å². The fraction of sp³-hybridized carbons (Fsp3) is 0.926. The first-order valence-electron chi connectivity index (χ1n) is 13.6. The smallest absolute Gasteiger partial charge is 0.327 e. The average Bonchev–Trinajstić information content (AvgIpc) is 3.16. The largest absolute Gasteiger partial charge is 0.480 e. The lowest BCUT2D eigenvalue weighted by Gasteiger charge is -2.63. The predicted octanol–water partition coefficient (Wildman–Crippen LogP) is 2.86. The molecule has 0 heterocycles. The average molecular weight is 512 g/mol. The Hall–Kier alpha value is -0.830. The first kappa shape index (κ1) is 27.2. The van der Waals surface area contributed by atoms with Crippen molar-refractivity contribution in [3.05, 3.63) is 0 Å². The molecule has 200 valence electrons. The monoisotopic (exact) mass is 511 g/mol. The number of aliphatic hydroxyl groups excluding tert-OH is 3. The molecule has 4 aliphatic carbocycles. The molecule has 4 rings (SSSR count). The first-order chi connectivity index (χ1) is 16.4. The van der Waals surface area contributed by atoms with Gasteiger partial charge >= 0.3 is 5.97 Å². The number of carboxylic acid groups (broad SMARTS) is 1. The van der Waals surface area contributed by atoms with Crippen LogP contribution in [-0.2, 0) is 9.59 Å². The molecule has 4 aliphatic rings. The summed E-state index contributed by atoms with van der Waals surface area (Å²) in [6.07, 6.45) is 5.70. The molecule has 0 spiro atoms. The lowest BCUT2D eigenvalue weighted by atomic mass is 9.43. The van der Waals surface area contributed by atoms with Crippen LogP contribution in [0.3, 0.4) is 0 Å². The zero-order chi connectivity index (χ0) is 25.7. The number of hydrogen-bond donors (Lipinski definition) is 6. The molecule has 0 aromatic carbocycles. The number of carbonyl (C=O) groups is 2. The third-order valence-electron chi connectivity index (χ3n) is 11.2. The second-order valence-electron chi connectivity index (χ2n) is 12.7. The van der Waals surface area contributed by atoms with Gasteiger partial charge in [-0.2, -0.15) is 12.6 Å².